The minimum atomic E-state index is -0.500. The highest BCUT2D eigenvalue weighted by molar-refractivity contribution is 5.74. The highest BCUT2D eigenvalue weighted by atomic mass is 16.6. The first kappa shape index (κ1) is 17.6. The Labute approximate surface area is 140 Å². The number of aliphatic hydroxyl groups is 1. The average molecular weight is 331 g/mol. The molecule has 0 aliphatic carbocycles. The maximum Gasteiger partial charge on any atom is 0.353 e. The molecule has 1 aromatic carbocycles. The Morgan fingerprint density at radius 1 is 1.25 bits per heavy atom. The second-order valence-electron chi connectivity index (χ2n) is 5.46. The van der Waals surface area contributed by atoms with Crippen LogP contribution in [0.3, 0.4) is 0 Å². The lowest BCUT2D eigenvalue weighted by Crippen LogP contribution is -2.28. The number of nitrogens with zero attached hydrogens (tertiary/aromatic N) is 4. The number of aromatic nitrogens is 2. The number of benzene rings is 1. The van der Waals surface area contributed by atoms with E-state index in [0.29, 0.717) is 6.54 Å². The third-order valence-electron chi connectivity index (χ3n) is 3.52. The molecule has 24 heavy (non-hydrogen) atoms. The van der Waals surface area contributed by atoms with Gasteiger partial charge in [-0.2, -0.15) is 0 Å². The van der Waals surface area contributed by atoms with Gasteiger partial charge < -0.3 is 15.3 Å². The van der Waals surface area contributed by atoms with Gasteiger partial charge >= 0.3 is 5.69 Å². The summed E-state index contributed by atoms with van der Waals surface area (Å²) in [6.07, 6.45) is 1.29. The van der Waals surface area contributed by atoms with E-state index in [1.54, 1.807) is 4.90 Å². The predicted molar refractivity (Wildman–Crippen MR) is 92.9 cm³/mol. The number of aryl methyl sites for hydroxylation is 2. The predicted octanol–water partition coefficient (Wildman–Crippen LogP) is 2.56. The van der Waals surface area contributed by atoms with Gasteiger partial charge in [-0.3, -0.25) is 10.1 Å². The van der Waals surface area contributed by atoms with Crippen LogP contribution in [0.2, 0.25) is 0 Å². The van der Waals surface area contributed by atoms with Gasteiger partial charge in [0.1, 0.15) is 6.33 Å². The number of nitrogens with one attached hydrogen (secondary N) is 1. The lowest BCUT2D eigenvalue weighted by molar-refractivity contribution is -0.383. The van der Waals surface area contributed by atoms with Crippen molar-refractivity contribution in [2.45, 2.75) is 20.8 Å². The molecular formula is C16H21N5O3. The van der Waals surface area contributed by atoms with Crippen molar-refractivity contribution in [3.05, 3.63) is 45.8 Å². The smallest absolute Gasteiger partial charge is 0.353 e. The fourth-order valence-electron chi connectivity index (χ4n) is 2.58. The van der Waals surface area contributed by atoms with Gasteiger partial charge in [-0.1, -0.05) is 6.07 Å². The summed E-state index contributed by atoms with van der Waals surface area (Å²) in [5.41, 5.74) is 2.62. The largest absolute Gasteiger partial charge is 0.395 e. The van der Waals surface area contributed by atoms with Crippen LogP contribution in [0.15, 0.2) is 24.5 Å². The summed E-state index contributed by atoms with van der Waals surface area (Å²) < 4.78 is 0. The summed E-state index contributed by atoms with van der Waals surface area (Å²) in [7, 11) is 0. The summed E-state index contributed by atoms with van der Waals surface area (Å²) in [4.78, 5) is 20.8. The molecule has 1 aromatic heterocycles. The molecule has 0 amide bonds. The van der Waals surface area contributed by atoms with Crippen LogP contribution in [0.1, 0.15) is 18.1 Å². The fourth-order valence-corrected chi connectivity index (χ4v) is 2.58. The SMILES string of the molecule is CCN(CCO)c1ncnc(Nc2cc(C)cc(C)c2)c1[N+](=O)[O-]. The van der Waals surface area contributed by atoms with E-state index in [0.717, 1.165) is 16.8 Å². The number of anilines is 3. The van der Waals surface area contributed by atoms with E-state index in [9.17, 15) is 10.1 Å². The summed E-state index contributed by atoms with van der Waals surface area (Å²) >= 11 is 0. The van der Waals surface area contributed by atoms with Crippen LogP contribution in [0.4, 0.5) is 23.0 Å². The Balaban J connectivity index is 2.48. The van der Waals surface area contributed by atoms with E-state index in [1.165, 1.54) is 6.33 Å². The van der Waals surface area contributed by atoms with Gasteiger partial charge in [0.25, 0.3) is 0 Å². The van der Waals surface area contributed by atoms with E-state index in [2.05, 4.69) is 15.3 Å². The maximum absolute atomic E-state index is 11.6. The third kappa shape index (κ3) is 3.96. The molecule has 0 aliphatic heterocycles. The molecule has 8 nitrogen and oxygen atoms in total. The Kier molecular flexibility index (Phi) is 5.64. The van der Waals surface area contributed by atoms with Crippen molar-refractivity contribution in [3.63, 3.8) is 0 Å². The molecule has 0 atom stereocenters. The van der Waals surface area contributed by atoms with Crippen molar-refractivity contribution in [2.75, 3.05) is 29.9 Å². The average Bonchev–Trinajstić information content (AvgIpc) is 2.51. The minimum Gasteiger partial charge on any atom is -0.395 e. The molecule has 128 valence electrons. The molecule has 2 N–H and O–H groups in total. The highest BCUT2D eigenvalue weighted by Gasteiger charge is 2.26. The second-order valence-corrected chi connectivity index (χ2v) is 5.46. The van der Waals surface area contributed by atoms with Gasteiger partial charge in [-0.15, -0.1) is 0 Å². The van der Waals surface area contributed by atoms with Crippen molar-refractivity contribution in [3.8, 4) is 0 Å². The lowest BCUT2D eigenvalue weighted by Gasteiger charge is -2.21. The summed E-state index contributed by atoms with van der Waals surface area (Å²) in [6.45, 7) is 6.39. The maximum atomic E-state index is 11.6. The zero-order valence-electron chi connectivity index (χ0n) is 14.0. The van der Waals surface area contributed by atoms with Crippen LogP contribution in [-0.4, -0.2) is 39.7 Å². The number of hydrogen-bond acceptors (Lipinski definition) is 7. The minimum absolute atomic E-state index is 0.116. The Morgan fingerprint density at radius 2 is 1.92 bits per heavy atom. The second kappa shape index (κ2) is 7.69. The molecule has 0 fully saturated rings. The zero-order chi connectivity index (χ0) is 17.7. The van der Waals surface area contributed by atoms with Gasteiger partial charge in [0.15, 0.2) is 0 Å². The Bertz CT molecular complexity index is 715. The van der Waals surface area contributed by atoms with Gasteiger partial charge in [-0.25, -0.2) is 9.97 Å². The van der Waals surface area contributed by atoms with Crippen LogP contribution in [0, 0.1) is 24.0 Å². The van der Waals surface area contributed by atoms with E-state index >= 15 is 0 Å². The van der Waals surface area contributed by atoms with Crippen molar-refractivity contribution in [2.24, 2.45) is 0 Å². The molecule has 0 saturated heterocycles. The number of hydrogen-bond donors (Lipinski definition) is 2. The van der Waals surface area contributed by atoms with Crippen molar-refractivity contribution in [1.82, 2.24) is 9.97 Å². The van der Waals surface area contributed by atoms with Gasteiger partial charge in [0.05, 0.1) is 11.5 Å². The lowest BCUT2D eigenvalue weighted by atomic mass is 10.1. The first-order valence-corrected chi connectivity index (χ1v) is 7.66. The van der Waals surface area contributed by atoms with E-state index in [-0.39, 0.29) is 30.5 Å². The number of aliphatic hydroxyl groups excluding tert-OH is 1. The number of likely N-dealkylation sites (N-methyl/N-ethyl adjacent to an activating group) is 1. The van der Waals surface area contributed by atoms with Crippen LogP contribution >= 0.6 is 0 Å². The molecule has 2 rings (SSSR count). The normalized spacial score (nSPS) is 10.5. The van der Waals surface area contributed by atoms with Gasteiger partial charge in [0.2, 0.25) is 11.6 Å². The topological polar surface area (TPSA) is 104 Å². The van der Waals surface area contributed by atoms with Crippen molar-refractivity contribution in [1.29, 1.82) is 0 Å². The quantitative estimate of drug-likeness (QED) is 0.593. The zero-order valence-corrected chi connectivity index (χ0v) is 14.0. The van der Waals surface area contributed by atoms with Gasteiger partial charge in [0, 0.05) is 18.8 Å². The third-order valence-corrected chi connectivity index (χ3v) is 3.52. The monoisotopic (exact) mass is 331 g/mol. The van der Waals surface area contributed by atoms with Crippen LogP contribution in [0.5, 0.6) is 0 Å². The molecule has 8 heteroatoms. The first-order chi connectivity index (χ1) is 11.5. The van der Waals surface area contributed by atoms with Crippen molar-refractivity contribution >= 4 is 23.0 Å². The number of nitro groups is 1. The van der Waals surface area contributed by atoms with Crippen LogP contribution < -0.4 is 10.2 Å². The molecule has 0 radical (unpaired) electrons. The summed E-state index contributed by atoms with van der Waals surface area (Å²) in [6, 6.07) is 5.80. The molecule has 0 aliphatic rings. The van der Waals surface area contributed by atoms with Crippen LogP contribution in [-0.2, 0) is 0 Å². The summed E-state index contributed by atoms with van der Waals surface area (Å²) in [5.74, 6) is 0.324. The standard InChI is InChI=1S/C16H21N5O3/c1-4-20(5-6-22)16-14(21(23)24)15(17-10-18-16)19-13-8-11(2)7-12(3)9-13/h7-10,22H,4-6H2,1-3H3,(H,17,18,19). The molecule has 0 unspecified atom stereocenters. The number of rotatable bonds is 7. The van der Waals surface area contributed by atoms with Gasteiger partial charge in [-0.05, 0) is 44.0 Å². The molecule has 0 saturated carbocycles. The van der Waals surface area contributed by atoms with E-state index in [4.69, 9.17) is 5.11 Å². The molecule has 1 heterocycles. The van der Waals surface area contributed by atoms with Crippen LogP contribution in [0.25, 0.3) is 0 Å². The van der Waals surface area contributed by atoms with E-state index < -0.39 is 4.92 Å². The molecule has 2 aromatic rings. The summed E-state index contributed by atoms with van der Waals surface area (Å²) in [5, 5.41) is 23.8. The first-order valence-electron chi connectivity index (χ1n) is 7.66. The highest BCUT2D eigenvalue weighted by Crippen LogP contribution is 2.33. The molecular weight excluding hydrogens is 310 g/mol. The Morgan fingerprint density at radius 3 is 2.46 bits per heavy atom. The van der Waals surface area contributed by atoms with E-state index in [1.807, 2.05) is 39.0 Å². The molecule has 0 bridgehead atoms. The van der Waals surface area contributed by atoms with Crippen molar-refractivity contribution < 1.29 is 10.0 Å². The Hall–Kier alpha value is -2.74. The molecule has 0 spiro atoms. The fraction of sp³-hybridized carbons (Fsp3) is 0.375.